The Morgan fingerprint density at radius 1 is 0.930 bits per heavy atom. The Kier molecular flexibility index (Phi) is 8.84. The quantitative estimate of drug-likeness (QED) is 0.242. The highest BCUT2D eigenvalue weighted by molar-refractivity contribution is 7.92. The van der Waals surface area contributed by atoms with Crippen LogP contribution in [0.5, 0.6) is 5.88 Å². The van der Waals surface area contributed by atoms with E-state index in [9.17, 15) is 26.4 Å². The number of hydrogen-bond acceptors (Lipinski definition) is 6. The maximum atomic E-state index is 14.2. The first kappa shape index (κ1) is 30.2. The van der Waals surface area contributed by atoms with E-state index in [0.29, 0.717) is 13.1 Å². The van der Waals surface area contributed by atoms with E-state index < -0.39 is 34.4 Å². The van der Waals surface area contributed by atoms with Crippen LogP contribution < -0.4 is 9.04 Å². The first-order valence-corrected chi connectivity index (χ1v) is 15.1. The van der Waals surface area contributed by atoms with Gasteiger partial charge in [-0.25, -0.2) is 13.4 Å². The predicted octanol–water partition coefficient (Wildman–Crippen LogP) is 5.72. The Hall–Kier alpha value is -4.22. The van der Waals surface area contributed by atoms with E-state index in [1.807, 2.05) is 60.7 Å². The number of aryl methyl sites for hydroxylation is 1. The molecule has 0 saturated carbocycles. The molecule has 0 amide bonds. The fraction of sp³-hybridized carbons (Fsp3) is 0.250. The number of benzene rings is 3. The third kappa shape index (κ3) is 7.23. The van der Waals surface area contributed by atoms with Gasteiger partial charge in [0.15, 0.2) is 0 Å². The molecule has 7 nitrogen and oxygen atoms in total. The molecular weight excluding hydrogens is 579 g/mol. The van der Waals surface area contributed by atoms with Gasteiger partial charge in [0.2, 0.25) is 11.7 Å². The van der Waals surface area contributed by atoms with Gasteiger partial charge in [-0.2, -0.15) is 13.2 Å². The van der Waals surface area contributed by atoms with Crippen molar-refractivity contribution in [3.63, 3.8) is 0 Å². The number of fused-ring (bicyclic) bond motifs is 1. The molecule has 1 aliphatic rings. The molecule has 3 aromatic carbocycles. The summed E-state index contributed by atoms with van der Waals surface area (Å²) in [6.07, 6.45) is -4.89. The number of sulfonamides is 1. The highest BCUT2D eigenvalue weighted by Crippen LogP contribution is 2.36. The Balaban J connectivity index is 1.57. The van der Waals surface area contributed by atoms with Crippen LogP contribution >= 0.6 is 0 Å². The summed E-state index contributed by atoms with van der Waals surface area (Å²) < 4.78 is 74.8. The monoisotopic (exact) mass is 609 g/mol. The van der Waals surface area contributed by atoms with Crippen LogP contribution in [0.4, 0.5) is 18.9 Å². The van der Waals surface area contributed by atoms with E-state index in [-0.39, 0.29) is 35.2 Å². The van der Waals surface area contributed by atoms with Crippen molar-refractivity contribution >= 4 is 21.5 Å². The smallest absolute Gasteiger partial charge is 0.450 e. The van der Waals surface area contributed by atoms with Gasteiger partial charge in [0.1, 0.15) is 12.3 Å². The third-order valence-corrected chi connectivity index (χ3v) is 8.95. The Labute approximate surface area is 248 Å². The molecule has 43 heavy (non-hydrogen) atoms. The zero-order chi connectivity index (χ0) is 30.6. The van der Waals surface area contributed by atoms with Crippen LogP contribution in [0, 0.1) is 6.92 Å². The van der Waals surface area contributed by atoms with Crippen LogP contribution in [-0.4, -0.2) is 49.5 Å². The second kappa shape index (κ2) is 12.6. The van der Waals surface area contributed by atoms with E-state index in [1.165, 1.54) is 18.2 Å². The summed E-state index contributed by atoms with van der Waals surface area (Å²) >= 11 is 0. The van der Waals surface area contributed by atoms with Gasteiger partial charge in [-0.05, 0) is 47.4 Å². The molecule has 1 atom stereocenters. The number of carbonyl (C=O) groups excluding carboxylic acids is 1. The summed E-state index contributed by atoms with van der Waals surface area (Å²) in [7, 11) is -4.23. The molecule has 4 aromatic rings. The molecular formula is C32H30F3N3O4S. The molecule has 0 spiro atoms. The molecule has 5 rings (SSSR count). The van der Waals surface area contributed by atoms with Gasteiger partial charge in [0, 0.05) is 25.7 Å². The van der Waals surface area contributed by atoms with Crippen LogP contribution in [0.25, 0.3) is 0 Å². The molecule has 11 heteroatoms. The molecule has 0 bridgehead atoms. The van der Waals surface area contributed by atoms with Gasteiger partial charge in [-0.3, -0.25) is 14.0 Å². The van der Waals surface area contributed by atoms with Gasteiger partial charge in [0.25, 0.3) is 10.0 Å². The number of ketones is 1. The molecule has 0 N–H and O–H groups in total. The highest BCUT2D eigenvalue weighted by Gasteiger charge is 2.39. The zero-order valence-electron chi connectivity index (χ0n) is 23.4. The van der Waals surface area contributed by atoms with E-state index in [4.69, 9.17) is 4.74 Å². The lowest BCUT2D eigenvalue weighted by molar-refractivity contribution is -0.170. The van der Waals surface area contributed by atoms with Crippen molar-refractivity contribution in [3.05, 3.63) is 119 Å². The number of halogens is 3. The number of Topliss-reactive ketones (excluding diaryl/α,β-unsaturated/α-hetero) is 1. The number of hydrogen-bond donors (Lipinski definition) is 0. The maximum absolute atomic E-state index is 14.2. The molecule has 1 unspecified atom stereocenters. The van der Waals surface area contributed by atoms with Crippen molar-refractivity contribution in [2.75, 3.05) is 17.5 Å². The second-order valence-corrected chi connectivity index (χ2v) is 12.3. The molecule has 0 saturated heterocycles. The number of aromatic nitrogens is 1. The summed E-state index contributed by atoms with van der Waals surface area (Å²) in [5.74, 6) is -1.99. The third-order valence-electron chi connectivity index (χ3n) is 7.18. The van der Waals surface area contributed by atoms with E-state index >= 15 is 0 Å². The lowest BCUT2D eigenvalue weighted by atomic mass is 10.1. The molecule has 0 fully saturated rings. The van der Waals surface area contributed by atoms with Crippen molar-refractivity contribution in [2.45, 2.75) is 43.5 Å². The van der Waals surface area contributed by atoms with E-state index in [2.05, 4.69) is 9.88 Å². The number of pyridine rings is 1. The normalized spacial score (nSPS) is 15.5. The van der Waals surface area contributed by atoms with Crippen molar-refractivity contribution in [2.24, 2.45) is 0 Å². The fourth-order valence-corrected chi connectivity index (χ4v) is 6.57. The van der Waals surface area contributed by atoms with Crippen molar-refractivity contribution in [1.29, 1.82) is 0 Å². The minimum atomic E-state index is -5.03. The lowest BCUT2D eigenvalue weighted by Crippen LogP contribution is -2.47. The van der Waals surface area contributed by atoms with Crippen molar-refractivity contribution < 1.29 is 31.1 Å². The van der Waals surface area contributed by atoms with E-state index in [1.54, 1.807) is 19.1 Å². The molecule has 0 radical (unpaired) electrons. The number of rotatable bonds is 9. The summed E-state index contributed by atoms with van der Waals surface area (Å²) in [4.78, 5) is 18.1. The number of ether oxygens (including phenoxy) is 1. The average molecular weight is 610 g/mol. The van der Waals surface area contributed by atoms with Crippen LogP contribution in [0.2, 0.25) is 0 Å². The minimum absolute atomic E-state index is 0.0177. The number of carbonyl (C=O) groups is 1. The summed E-state index contributed by atoms with van der Waals surface area (Å²) in [5.41, 5.74) is 2.66. The average Bonchev–Trinajstić information content (AvgIpc) is 3.18. The van der Waals surface area contributed by atoms with Gasteiger partial charge in [0.05, 0.1) is 17.5 Å². The van der Waals surface area contributed by atoms with Crippen molar-refractivity contribution in [3.8, 4) is 5.88 Å². The topological polar surface area (TPSA) is 79.8 Å². The first-order valence-electron chi connectivity index (χ1n) is 13.6. The van der Waals surface area contributed by atoms with Crippen LogP contribution in [-0.2, 0) is 34.3 Å². The number of nitrogens with zero attached hydrogens (tertiary/aromatic N) is 3. The highest BCUT2D eigenvalue weighted by atomic mass is 32.2. The van der Waals surface area contributed by atoms with Gasteiger partial charge in [-0.1, -0.05) is 72.8 Å². The summed E-state index contributed by atoms with van der Waals surface area (Å²) in [5, 5.41) is 0. The minimum Gasteiger partial charge on any atom is -0.474 e. The summed E-state index contributed by atoms with van der Waals surface area (Å²) in [6.45, 7) is 2.74. The first-order chi connectivity index (χ1) is 20.5. The van der Waals surface area contributed by atoms with Gasteiger partial charge in [-0.15, -0.1) is 0 Å². The van der Waals surface area contributed by atoms with Gasteiger partial charge < -0.3 is 4.74 Å². The fourth-order valence-electron chi connectivity index (χ4n) is 4.97. The number of anilines is 1. The molecule has 1 aromatic heterocycles. The molecule has 0 aliphatic carbocycles. The second-order valence-electron chi connectivity index (χ2n) is 10.5. The maximum Gasteiger partial charge on any atom is 0.450 e. The molecule has 2 heterocycles. The van der Waals surface area contributed by atoms with E-state index in [0.717, 1.165) is 27.2 Å². The Morgan fingerprint density at radius 3 is 2.14 bits per heavy atom. The largest absolute Gasteiger partial charge is 0.474 e. The molecule has 224 valence electrons. The Morgan fingerprint density at radius 2 is 1.56 bits per heavy atom. The standard InChI is InChI=1S/C32H30F3N3O4S/c1-23-9-8-14-28(15-23)43(40,41)38-21-27(22-42-31-29(38)16-26(18-36-31)17-30(39)32(33,34)35)37(19-24-10-4-2-5-11-24)20-25-12-6-3-7-13-25/h2-16,18,27H,17,19-22H2,1H3. The van der Waals surface area contributed by atoms with Crippen LogP contribution in [0.1, 0.15) is 22.3 Å². The van der Waals surface area contributed by atoms with Crippen LogP contribution in [0.15, 0.2) is 102 Å². The van der Waals surface area contributed by atoms with Crippen LogP contribution in [0.3, 0.4) is 0 Å². The molecule has 1 aliphatic heterocycles. The number of alkyl halides is 3. The predicted molar refractivity (Wildman–Crippen MR) is 156 cm³/mol. The SMILES string of the molecule is Cc1cccc(S(=O)(=O)N2CC(N(Cc3ccccc3)Cc3ccccc3)COc3ncc(CC(=O)C(F)(F)F)cc32)c1. The zero-order valence-corrected chi connectivity index (χ0v) is 24.2. The summed E-state index contributed by atoms with van der Waals surface area (Å²) in [6, 6.07) is 26.7. The lowest BCUT2D eigenvalue weighted by Gasteiger charge is -2.33. The van der Waals surface area contributed by atoms with Crippen molar-refractivity contribution in [1.82, 2.24) is 9.88 Å². The van der Waals surface area contributed by atoms with Gasteiger partial charge >= 0.3 is 6.18 Å². The Bertz CT molecular complexity index is 1640.